The monoisotopic (exact) mass is 374 g/mol. The maximum absolute atomic E-state index is 11.3. The molecule has 142 valence electrons. The van der Waals surface area contributed by atoms with Gasteiger partial charge in [-0.1, -0.05) is 85.8 Å². The van der Waals surface area contributed by atoms with E-state index in [0.29, 0.717) is 0 Å². The Balaban J connectivity index is 1.97. The zero-order chi connectivity index (χ0) is 19.6. The van der Waals surface area contributed by atoms with Crippen LogP contribution in [-0.4, -0.2) is 17.6 Å². The highest BCUT2D eigenvalue weighted by Gasteiger charge is 2.57. The van der Waals surface area contributed by atoms with E-state index in [1.807, 2.05) is 78.7 Å². The minimum atomic E-state index is -0.676. The van der Waals surface area contributed by atoms with E-state index in [-0.39, 0.29) is 17.4 Å². The van der Waals surface area contributed by atoms with Gasteiger partial charge in [0.2, 0.25) is 6.54 Å². The minimum Gasteiger partial charge on any atom is -0.264 e. The molecule has 0 aromatic heterocycles. The number of hydroxylamine groups is 1. The lowest BCUT2D eigenvalue weighted by atomic mass is 9.72. The fourth-order valence-electron chi connectivity index (χ4n) is 4.24. The Labute approximate surface area is 164 Å². The summed E-state index contributed by atoms with van der Waals surface area (Å²) >= 11 is 0. The molecule has 2 unspecified atom stereocenters. The highest BCUT2D eigenvalue weighted by Crippen LogP contribution is 2.51. The molecule has 5 heteroatoms. The number of hydrogen-bond donors (Lipinski definition) is 0. The lowest BCUT2D eigenvalue weighted by Gasteiger charge is -2.41. The number of benzene rings is 3. The first-order chi connectivity index (χ1) is 13.6. The van der Waals surface area contributed by atoms with Crippen LogP contribution in [0, 0.1) is 16.0 Å². The predicted octanol–water partition coefficient (Wildman–Crippen LogP) is 4.66. The standard InChI is InChI=1S/C23H22N2O3/c1-18-22(17-24(26)27)28-25(21-15-9-4-10-16-21)23(18,19-11-5-2-6-12-19)20-13-7-3-8-14-20/h2-16,18,22H,17H2,1H3. The van der Waals surface area contributed by atoms with E-state index in [2.05, 4.69) is 24.3 Å². The van der Waals surface area contributed by atoms with Crippen molar-refractivity contribution in [1.82, 2.24) is 0 Å². The molecule has 1 aliphatic rings. The van der Waals surface area contributed by atoms with Crippen molar-refractivity contribution >= 4 is 5.69 Å². The number of nitrogens with zero attached hydrogens (tertiary/aromatic N) is 2. The van der Waals surface area contributed by atoms with Crippen molar-refractivity contribution in [2.75, 3.05) is 11.6 Å². The molecule has 5 nitrogen and oxygen atoms in total. The summed E-state index contributed by atoms with van der Waals surface area (Å²) in [4.78, 5) is 17.3. The Kier molecular flexibility index (Phi) is 4.84. The number of hydrogen-bond acceptors (Lipinski definition) is 4. The van der Waals surface area contributed by atoms with Crippen LogP contribution in [0.4, 0.5) is 5.69 Å². The SMILES string of the molecule is CC1C(C[N+](=O)[O-])ON(c2ccccc2)C1(c1ccccc1)c1ccccc1. The summed E-state index contributed by atoms with van der Waals surface area (Å²) in [5.41, 5.74) is 2.28. The third-order valence-electron chi connectivity index (χ3n) is 5.53. The van der Waals surface area contributed by atoms with Crippen LogP contribution in [0.2, 0.25) is 0 Å². The number of rotatable bonds is 5. The molecule has 0 N–H and O–H groups in total. The zero-order valence-electron chi connectivity index (χ0n) is 15.6. The van der Waals surface area contributed by atoms with Gasteiger partial charge in [0.1, 0.15) is 5.54 Å². The van der Waals surface area contributed by atoms with Crippen LogP contribution in [0.25, 0.3) is 0 Å². The molecule has 0 spiro atoms. The van der Waals surface area contributed by atoms with Gasteiger partial charge in [-0.2, -0.15) is 0 Å². The molecular formula is C23H22N2O3. The van der Waals surface area contributed by atoms with Crippen molar-refractivity contribution in [2.45, 2.75) is 18.6 Å². The minimum absolute atomic E-state index is 0.150. The van der Waals surface area contributed by atoms with Crippen LogP contribution in [0.15, 0.2) is 91.0 Å². The molecule has 28 heavy (non-hydrogen) atoms. The lowest BCUT2D eigenvalue weighted by Crippen LogP contribution is -2.46. The topological polar surface area (TPSA) is 55.6 Å². The molecule has 4 rings (SSSR count). The first-order valence-electron chi connectivity index (χ1n) is 9.39. The second-order valence-corrected chi connectivity index (χ2v) is 7.08. The van der Waals surface area contributed by atoms with Crippen molar-refractivity contribution < 1.29 is 9.76 Å². The van der Waals surface area contributed by atoms with Crippen molar-refractivity contribution in [3.63, 3.8) is 0 Å². The van der Waals surface area contributed by atoms with Crippen molar-refractivity contribution in [3.8, 4) is 0 Å². The first kappa shape index (κ1) is 18.2. The van der Waals surface area contributed by atoms with Crippen molar-refractivity contribution in [1.29, 1.82) is 0 Å². The molecular weight excluding hydrogens is 352 g/mol. The molecule has 2 atom stereocenters. The number of para-hydroxylation sites is 1. The van der Waals surface area contributed by atoms with Crippen LogP contribution in [0.1, 0.15) is 18.1 Å². The fourth-order valence-corrected chi connectivity index (χ4v) is 4.24. The van der Waals surface area contributed by atoms with Gasteiger partial charge >= 0.3 is 0 Å². The summed E-state index contributed by atoms with van der Waals surface area (Å²) in [5.74, 6) is -0.150. The average molecular weight is 374 g/mol. The molecule has 0 bridgehead atoms. The largest absolute Gasteiger partial charge is 0.264 e. The Hall–Kier alpha value is -3.18. The normalized spacial score (nSPS) is 20.8. The van der Waals surface area contributed by atoms with Gasteiger partial charge in [-0.05, 0) is 23.3 Å². The Morgan fingerprint density at radius 2 is 1.36 bits per heavy atom. The summed E-state index contributed by atoms with van der Waals surface area (Å²) in [6.45, 7) is 1.79. The highest BCUT2D eigenvalue weighted by molar-refractivity contribution is 5.56. The van der Waals surface area contributed by atoms with E-state index in [0.717, 1.165) is 16.8 Å². The van der Waals surface area contributed by atoms with Gasteiger partial charge in [0.05, 0.1) is 5.69 Å². The van der Waals surface area contributed by atoms with E-state index >= 15 is 0 Å². The molecule has 0 saturated carbocycles. The Morgan fingerprint density at radius 3 is 1.82 bits per heavy atom. The van der Waals surface area contributed by atoms with E-state index < -0.39 is 11.6 Å². The van der Waals surface area contributed by atoms with Gasteiger partial charge in [-0.15, -0.1) is 0 Å². The molecule has 1 fully saturated rings. The van der Waals surface area contributed by atoms with Gasteiger partial charge < -0.3 is 0 Å². The summed E-state index contributed by atoms with van der Waals surface area (Å²) in [6, 6.07) is 30.0. The third-order valence-corrected chi connectivity index (χ3v) is 5.53. The Bertz CT molecular complexity index is 892. The molecule has 3 aromatic carbocycles. The third kappa shape index (κ3) is 2.94. The van der Waals surface area contributed by atoms with Gasteiger partial charge in [0, 0.05) is 10.8 Å². The number of anilines is 1. The Morgan fingerprint density at radius 1 is 0.893 bits per heavy atom. The fraction of sp³-hybridized carbons (Fsp3) is 0.217. The van der Waals surface area contributed by atoms with Crippen LogP contribution in [-0.2, 0) is 10.4 Å². The molecule has 3 aromatic rings. The van der Waals surface area contributed by atoms with Crippen LogP contribution in [0.3, 0.4) is 0 Å². The summed E-state index contributed by atoms with van der Waals surface area (Å²) in [5, 5.41) is 13.2. The van der Waals surface area contributed by atoms with Gasteiger partial charge in [-0.25, -0.2) is 5.06 Å². The zero-order valence-corrected chi connectivity index (χ0v) is 15.6. The summed E-state index contributed by atoms with van der Waals surface area (Å²) < 4.78 is 0. The second kappa shape index (κ2) is 7.44. The summed E-state index contributed by atoms with van der Waals surface area (Å²) in [6.07, 6.45) is -0.546. The average Bonchev–Trinajstić information content (AvgIpc) is 3.02. The smallest absolute Gasteiger partial charge is 0.232 e. The van der Waals surface area contributed by atoms with Crippen molar-refractivity contribution in [3.05, 3.63) is 112 Å². The van der Waals surface area contributed by atoms with E-state index in [9.17, 15) is 10.1 Å². The second-order valence-electron chi connectivity index (χ2n) is 7.08. The molecule has 0 radical (unpaired) electrons. The van der Waals surface area contributed by atoms with Gasteiger partial charge in [0.15, 0.2) is 6.10 Å². The maximum Gasteiger partial charge on any atom is 0.232 e. The quantitative estimate of drug-likeness (QED) is 0.481. The van der Waals surface area contributed by atoms with E-state index in [1.165, 1.54) is 0 Å². The van der Waals surface area contributed by atoms with E-state index in [4.69, 9.17) is 4.84 Å². The predicted molar refractivity (Wildman–Crippen MR) is 108 cm³/mol. The molecule has 1 saturated heterocycles. The molecule has 0 amide bonds. The van der Waals surface area contributed by atoms with E-state index in [1.54, 1.807) is 0 Å². The number of nitro groups is 1. The van der Waals surface area contributed by atoms with Crippen LogP contribution >= 0.6 is 0 Å². The van der Waals surface area contributed by atoms with Crippen molar-refractivity contribution in [2.24, 2.45) is 5.92 Å². The van der Waals surface area contributed by atoms with Gasteiger partial charge in [0.25, 0.3) is 0 Å². The molecule has 1 aliphatic heterocycles. The summed E-state index contributed by atoms with van der Waals surface area (Å²) in [7, 11) is 0. The van der Waals surface area contributed by atoms with Crippen LogP contribution < -0.4 is 5.06 Å². The molecule has 0 aliphatic carbocycles. The lowest BCUT2D eigenvalue weighted by molar-refractivity contribution is -0.491. The van der Waals surface area contributed by atoms with Gasteiger partial charge in [-0.3, -0.25) is 15.0 Å². The van der Waals surface area contributed by atoms with Crippen LogP contribution in [0.5, 0.6) is 0 Å². The maximum atomic E-state index is 11.3. The highest BCUT2D eigenvalue weighted by atomic mass is 16.7. The molecule has 1 heterocycles. The first-order valence-corrected chi connectivity index (χ1v) is 9.39.